The first-order valence-electron chi connectivity index (χ1n) is 11.7. The summed E-state index contributed by atoms with van der Waals surface area (Å²) in [5, 5.41) is 22.5. The Morgan fingerprint density at radius 1 is 1.24 bits per heavy atom. The van der Waals surface area contributed by atoms with Gasteiger partial charge in [-0.15, -0.1) is 0 Å². The zero-order valence-corrected chi connectivity index (χ0v) is 21.6. The second-order valence-electron chi connectivity index (χ2n) is 10.2. The van der Waals surface area contributed by atoms with Crippen molar-refractivity contribution in [1.29, 1.82) is 0 Å². The molecular weight excluding hydrogens is 527 g/mol. The van der Waals surface area contributed by atoms with Gasteiger partial charge in [-0.05, 0) is 32.9 Å². The van der Waals surface area contributed by atoms with E-state index in [1.165, 1.54) is 23.6 Å². The van der Waals surface area contributed by atoms with Crippen molar-refractivity contribution in [3.63, 3.8) is 0 Å². The lowest BCUT2D eigenvalue weighted by molar-refractivity contribution is -0.0965. The van der Waals surface area contributed by atoms with Crippen LogP contribution in [0.1, 0.15) is 45.1 Å². The summed E-state index contributed by atoms with van der Waals surface area (Å²) in [6.07, 6.45) is -3.40. The van der Waals surface area contributed by atoms with Crippen LogP contribution in [-0.4, -0.2) is 54.8 Å². The molecule has 12 nitrogen and oxygen atoms in total. The Balaban J connectivity index is 1.37. The third kappa shape index (κ3) is 4.66. The van der Waals surface area contributed by atoms with E-state index in [9.17, 15) is 23.6 Å². The number of benzene rings is 1. The van der Waals surface area contributed by atoms with Crippen molar-refractivity contribution < 1.29 is 41.9 Å². The van der Waals surface area contributed by atoms with Crippen LogP contribution in [0.3, 0.4) is 0 Å². The molecule has 3 aromatic rings. The van der Waals surface area contributed by atoms with E-state index in [1.807, 2.05) is 0 Å². The Bertz CT molecular complexity index is 1430. The number of fused-ring (bicyclic) bond motifs is 1. The Labute approximate surface area is 216 Å². The zero-order valence-electron chi connectivity index (χ0n) is 20.7. The molecule has 4 heterocycles. The van der Waals surface area contributed by atoms with Gasteiger partial charge in [-0.2, -0.15) is 9.97 Å². The topological polar surface area (TPSA) is 177 Å². The van der Waals surface area contributed by atoms with Gasteiger partial charge in [-0.25, -0.2) is 13.3 Å². The zero-order chi connectivity index (χ0) is 27.6. The van der Waals surface area contributed by atoms with E-state index in [4.69, 9.17) is 29.8 Å². The molecule has 0 amide bonds. The van der Waals surface area contributed by atoms with Crippen LogP contribution in [-0.2, 0) is 22.9 Å². The molecule has 2 aliphatic heterocycles. The lowest BCUT2D eigenvalue weighted by Gasteiger charge is -2.39. The standard InChI is InChI=1S/C23H28F2N5O7P/c1-22(2)9-14(11-5-4-6-13(24)16(11)25)36-38(33,37-22)34-10-15-17(31)23(3,32)20(35-15)30-8-7-12-18(26)28-21(27)29-19(12)30/h4-8,14-15,17,20,31-32H,9-10H2,1-3H3,(H4,26,27,28,29)/t14-,15+,17+,20+,23+,38+/m0/s1. The highest BCUT2D eigenvalue weighted by Crippen LogP contribution is 2.62. The lowest BCUT2D eigenvalue weighted by atomic mass is 9.96. The van der Waals surface area contributed by atoms with E-state index in [2.05, 4.69) is 9.97 Å². The number of phosphoric acid groups is 1. The first-order valence-corrected chi connectivity index (χ1v) is 13.2. The Hall–Kier alpha value is -2.71. The fraction of sp³-hybridized carbons (Fsp3) is 0.478. The molecule has 0 radical (unpaired) electrons. The number of nitrogen functional groups attached to an aromatic ring is 2. The Kier molecular flexibility index (Phi) is 6.50. The van der Waals surface area contributed by atoms with Gasteiger partial charge in [0, 0.05) is 18.2 Å². The van der Waals surface area contributed by atoms with E-state index in [1.54, 1.807) is 26.1 Å². The smallest absolute Gasteiger partial charge is 0.387 e. The van der Waals surface area contributed by atoms with E-state index in [0.29, 0.717) is 5.39 Å². The maximum absolute atomic E-state index is 14.5. The average Bonchev–Trinajstić information content (AvgIpc) is 3.31. The monoisotopic (exact) mass is 555 g/mol. The van der Waals surface area contributed by atoms with Crippen LogP contribution < -0.4 is 11.5 Å². The maximum atomic E-state index is 14.5. The molecule has 5 rings (SSSR count). The van der Waals surface area contributed by atoms with Crippen molar-refractivity contribution in [3.05, 3.63) is 47.7 Å². The molecule has 0 unspecified atom stereocenters. The number of hydrogen-bond donors (Lipinski definition) is 4. The molecule has 6 N–H and O–H groups in total. The molecule has 2 aliphatic rings. The maximum Gasteiger partial charge on any atom is 0.476 e. The van der Waals surface area contributed by atoms with Gasteiger partial charge in [0.2, 0.25) is 5.95 Å². The summed E-state index contributed by atoms with van der Waals surface area (Å²) in [6, 6.07) is 5.21. The summed E-state index contributed by atoms with van der Waals surface area (Å²) in [4.78, 5) is 8.06. The van der Waals surface area contributed by atoms with Crippen LogP contribution in [0.15, 0.2) is 30.5 Å². The molecule has 2 saturated heterocycles. The summed E-state index contributed by atoms with van der Waals surface area (Å²) in [7, 11) is -4.37. The highest BCUT2D eigenvalue weighted by molar-refractivity contribution is 7.48. The lowest BCUT2D eigenvalue weighted by Crippen LogP contribution is -2.44. The number of halogens is 2. The van der Waals surface area contributed by atoms with Crippen LogP contribution in [0.5, 0.6) is 0 Å². The van der Waals surface area contributed by atoms with E-state index in [-0.39, 0.29) is 29.4 Å². The number of aliphatic hydroxyl groups excluding tert-OH is 1. The second kappa shape index (κ2) is 9.19. The van der Waals surface area contributed by atoms with E-state index in [0.717, 1.165) is 6.07 Å². The van der Waals surface area contributed by atoms with Gasteiger partial charge in [0.1, 0.15) is 35.4 Å². The number of anilines is 2. The summed E-state index contributed by atoms with van der Waals surface area (Å²) >= 11 is 0. The Morgan fingerprint density at radius 2 is 1.97 bits per heavy atom. The predicted molar refractivity (Wildman–Crippen MR) is 130 cm³/mol. The number of aliphatic hydroxyl groups is 2. The third-order valence-corrected chi connectivity index (χ3v) is 8.34. The molecule has 2 aromatic heterocycles. The van der Waals surface area contributed by atoms with Crippen LogP contribution in [0.2, 0.25) is 0 Å². The average molecular weight is 555 g/mol. The van der Waals surface area contributed by atoms with Gasteiger partial charge in [0.15, 0.2) is 17.9 Å². The Morgan fingerprint density at radius 3 is 2.71 bits per heavy atom. The molecule has 1 aromatic carbocycles. The quantitative estimate of drug-likeness (QED) is 0.340. The minimum atomic E-state index is -4.37. The molecular formula is C23H28F2N5O7P. The minimum Gasteiger partial charge on any atom is -0.387 e. The molecule has 6 atom stereocenters. The number of ether oxygens (including phenoxy) is 1. The molecule has 15 heteroatoms. The van der Waals surface area contributed by atoms with Crippen LogP contribution in [0, 0.1) is 11.6 Å². The van der Waals surface area contributed by atoms with Gasteiger partial charge in [0.25, 0.3) is 0 Å². The molecule has 2 fully saturated rings. The minimum absolute atomic E-state index is 0.0644. The van der Waals surface area contributed by atoms with E-state index < -0.39 is 61.8 Å². The van der Waals surface area contributed by atoms with Gasteiger partial charge in [-0.1, -0.05) is 12.1 Å². The van der Waals surface area contributed by atoms with Crippen LogP contribution in [0.25, 0.3) is 11.0 Å². The number of nitrogens with zero attached hydrogens (tertiary/aromatic N) is 3. The number of rotatable bonds is 5. The fourth-order valence-electron chi connectivity index (χ4n) is 4.80. The summed E-state index contributed by atoms with van der Waals surface area (Å²) in [5.74, 6) is -2.17. The van der Waals surface area contributed by atoms with Gasteiger partial charge in [-0.3, -0.25) is 13.6 Å². The number of nitrogens with two attached hydrogens (primary N) is 2. The SMILES string of the molecule is CC1(C)C[C@@H](c2cccc(F)c2F)O[P@@](=O)(OC[C@H]2O[C@@H](n3ccc4c(N)nc(N)nc43)[C@](C)(O)[C@@H]2O)O1. The first-order chi connectivity index (χ1) is 17.7. The summed E-state index contributed by atoms with van der Waals surface area (Å²) in [6.45, 7) is 4.03. The van der Waals surface area contributed by atoms with Crippen LogP contribution in [0.4, 0.5) is 20.5 Å². The first kappa shape index (κ1) is 26.9. The van der Waals surface area contributed by atoms with Crippen molar-refractivity contribution in [1.82, 2.24) is 14.5 Å². The predicted octanol–water partition coefficient (Wildman–Crippen LogP) is 2.96. The van der Waals surface area contributed by atoms with Gasteiger partial charge >= 0.3 is 7.82 Å². The van der Waals surface area contributed by atoms with Crippen molar-refractivity contribution in [2.45, 2.75) is 62.9 Å². The summed E-state index contributed by atoms with van der Waals surface area (Å²) < 4.78 is 65.7. The number of phosphoric ester groups is 1. The van der Waals surface area contributed by atoms with Crippen molar-refractivity contribution in [2.24, 2.45) is 0 Å². The number of aromatic nitrogens is 3. The largest absolute Gasteiger partial charge is 0.476 e. The van der Waals surface area contributed by atoms with Crippen molar-refractivity contribution >= 4 is 30.6 Å². The second-order valence-corrected chi connectivity index (χ2v) is 11.7. The molecule has 0 bridgehead atoms. The molecule has 0 saturated carbocycles. The van der Waals surface area contributed by atoms with Crippen LogP contribution >= 0.6 is 7.82 Å². The van der Waals surface area contributed by atoms with Crippen molar-refractivity contribution in [2.75, 3.05) is 18.1 Å². The fourth-order valence-corrected chi connectivity index (χ4v) is 6.47. The highest BCUT2D eigenvalue weighted by atomic mass is 31.2. The number of hydrogen-bond acceptors (Lipinski definition) is 11. The normalized spacial score (nSPS) is 33.1. The molecule has 0 aliphatic carbocycles. The van der Waals surface area contributed by atoms with Gasteiger partial charge in [0.05, 0.1) is 17.6 Å². The third-order valence-electron chi connectivity index (χ3n) is 6.64. The molecule has 0 spiro atoms. The highest BCUT2D eigenvalue weighted by Gasteiger charge is 2.55. The summed E-state index contributed by atoms with van der Waals surface area (Å²) in [5.41, 5.74) is 8.81. The molecule has 38 heavy (non-hydrogen) atoms. The van der Waals surface area contributed by atoms with E-state index >= 15 is 0 Å². The molecule has 206 valence electrons. The van der Waals surface area contributed by atoms with Crippen molar-refractivity contribution in [3.8, 4) is 0 Å². The van der Waals surface area contributed by atoms with Gasteiger partial charge < -0.3 is 31.0 Å².